The number of carbonyl (C=O) groups is 1. The van der Waals surface area contributed by atoms with Crippen molar-refractivity contribution in [1.29, 1.82) is 0 Å². The van der Waals surface area contributed by atoms with Gasteiger partial charge in [-0.25, -0.2) is 13.4 Å². The first-order valence-corrected chi connectivity index (χ1v) is 12.9. The average Bonchev–Trinajstić information content (AvgIpc) is 3.15. The Labute approximate surface area is 188 Å². The summed E-state index contributed by atoms with van der Waals surface area (Å²) < 4.78 is 28.8. The second-order valence-corrected chi connectivity index (χ2v) is 10.4. The number of unbranched alkanes of at least 4 members (excludes halogenated alkanes) is 2. The van der Waals surface area contributed by atoms with Gasteiger partial charge in [0, 0.05) is 13.1 Å². The Morgan fingerprint density at radius 2 is 1.71 bits per heavy atom. The summed E-state index contributed by atoms with van der Waals surface area (Å²) in [7, 11) is -3.57. The van der Waals surface area contributed by atoms with Crippen LogP contribution in [-0.2, 0) is 21.2 Å². The molecule has 166 valence electrons. The van der Waals surface area contributed by atoms with E-state index < -0.39 is 10.0 Å². The fourth-order valence-corrected chi connectivity index (χ4v) is 5.77. The largest absolute Gasteiger partial charge is 0.302 e. The van der Waals surface area contributed by atoms with Crippen molar-refractivity contribution >= 4 is 42.6 Å². The molecule has 0 atom stereocenters. The molecule has 0 fully saturated rings. The summed E-state index contributed by atoms with van der Waals surface area (Å²) in [4.78, 5) is 17.0. The van der Waals surface area contributed by atoms with Crippen LogP contribution in [0, 0.1) is 0 Å². The van der Waals surface area contributed by atoms with Crippen LogP contribution < -0.4 is 5.32 Å². The van der Waals surface area contributed by atoms with E-state index in [1.807, 2.05) is 30.3 Å². The molecule has 3 aromatic rings. The molecule has 0 spiro atoms. The zero-order chi connectivity index (χ0) is 22.3. The molecule has 1 amide bonds. The first-order valence-electron chi connectivity index (χ1n) is 10.7. The van der Waals surface area contributed by atoms with Crippen LogP contribution in [0.2, 0.25) is 0 Å². The maximum absolute atomic E-state index is 13.2. The number of benzene rings is 2. The number of hydrogen-bond donors (Lipinski definition) is 1. The fourth-order valence-electron chi connectivity index (χ4n) is 3.23. The molecule has 0 bridgehead atoms. The van der Waals surface area contributed by atoms with Crippen molar-refractivity contribution in [2.24, 2.45) is 0 Å². The number of fused-ring (bicyclic) bond motifs is 1. The van der Waals surface area contributed by atoms with Gasteiger partial charge in [-0.15, -0.1) is 0 Å². The van der Waals surface area contributed by atoms with E-state index in [4.69, 9.17) is 0 Å². The van der Waals surface area contributed by atoms with Gasteiger partial charge >= 0.3 is 0 Å². The summed E-state index contributed by atoms with van der Waals surface area (Å²) in [6.45, 7) is 5.17. The van der Waals surface area contributed by atoms with Crippen molar-refractivity contribution < 1.29 is 13.2 Å². The van der Waals surface area contributed by atoms with Crippen LogP contribution in [0.1, 0.15) is 45.1 Å². The highest BCUT2D eigenvalue weighted by atomic mass is 32.2. The van der Waals surface area contributed by atoms with E-state index in [-0.39, 0.29) is 17.2 Å². The van der Waals surface area contributed by atoms with Gasteiger partial charge in [-0.05, 0) is 36.6 Å². The Kier molecular flexibility index (Phi) is 8.17. The molecule has 0 aliphatic carbocycles. The predicted molar refractivity (Wildman–Crippen MR) is 127 cm³/mol. The molecule has 31 heavy (non-hydrogen) atoms. The van der Waals surface area contributed by atoms with Crippen LogP contribution in [-0.4, -0.2) is 36.7 Å². The minimum Gasteiger partial charge on any atom is -0.302 e. The van der Waals surface area contributed by atoms with Crippen LogP contribution in [0.25, 0.3) is 10.2 Å². The van der Waals surface area contributed by atoms with Gasteiger partial charge < -0.3 is 5.32 Å². The van der Waals surface area contributed by atoms with Gasteiger partial charge in [0.1, 0.15) is 0 Å². The molecular formula is C23H29N3O3S2. The molecule has 0 aliphatic rings. The van der Waals surface area contributed by atoms with Crippen LogP contribution in [0.15, 0.2) is 53.4 Å². The second-order valence-electron chi connectivity index (χ2n) is 7.47. The van der Waals surface area contributed by atoms with Gasteiger partial charge in [0.2, 0.25) is 15.9 Å². The highest BCUT2D eigenvalue weighted by Gasteiger charge is 2.24. The molecule has 0 unspecified atom stereocenters. The molecular weight excluding hydrogens is 430 g/mol. The molecule has 0 saturated carbocycles. The third kappa shape index (κ3) is 6.12. The molecule has 2 aromatic carbocycles. The molecule has 0 saturated heterocycles. The third-order valence-corrected chi connectivity index (χ3v) is 7.80. The summed E-state index contributed by atoms with van der Waals surface area (Å²) in [6, 6.07) is 14.5. The average molecular weight is 460 g/mol. The lowest BCUT2D eigenvalue weighted by Crippen LogP contribution is -2.33. The zero-order valence-corrected chi connectivity index (χ0v) is 19.6. The molecule has 3 rings (SSSR count). The summed E-state index contributed by atoms with van der Waals surface area (Å²) in [5.74, 6) is -0.150. The number of rotatable bonds is 11. The van der Waals surface area contributed by atoms with Gasteiger partial charge in [0.15, 0.2) is 5.13 Å². The molecule has 8 heteroatoms. The lowest BCUT2D eigenvalue weighted by atomic mass is 10.1. The van der Waals surface area contributed by atoms with Crippen LogP contribution in [0.5, 0.6) is 0 Å². The minimum atomic E-state index is -3.57. The SMILES string of the molecule is CCCCN(CCCC)S(=O)(=O)c1ccc2nc(NC(=O)Cc3ccccc3)sc2c1. The van der Waals surface area contributed by atoms with E-state index >= 15 is 0 Å². The normalized spacial score (nSPS) is 11.8. The van der Waals surface area contributed by atoms with E-state index in [0.29, 0.717) is 23.7 Å². The van der Waals surface area contributed by atoms with Gasteiger partial charge in [-0.1, -0.05) is 68.4 Å². The van der Waals surface area contributed by atoms with Crippen molar-refractivity contribution in [2.75, 3.05) is 18.4 Å². The van der Waals surface area contributed by atoms with Crippen LogP contribution in [0.4, 0.5) is 5.13 Å². The van der Waals surface area contributed by atoms with Crippen molar-refractivity contribution in [3.8, 4) is 0 Å². The number of nitrogens with zero attached hydrogens (tertiary/aromatic N) is 2. The molecule has 1 N–H and O–H groups in total. The maximum Gasteiger partial charge on any atom is 0.243 e. The maximum atomic E-state index is 13.2. The van der Waals surface area contributed by atoms with E-state index in [1.165, 1.54) is 11.3 Å². The number of thiazole rings is 1. The Balaban J connectivity index is 1.78. The highest BCUT2D eigenvalue weighted by molar-refractivity contribution is 7.89. The van der Waals surface area contributed by atoms with Crippen molar-refractivity contribution in [2.45, 2.75) is 50.8 Å². The van der Waals surface area contributed by atoms with E-state index in [9.17, 15) is 13.2 Å². The smallest absolute Gasteiger partial charge is 0.243 e. The summed E-state index contributed by atoms with van der Waals surface area (Å²) in [6.07, 6.45) is 3.82. The minimum absolute atomic E-state index is 0.150. The Morgan fingerprint density at radius 3 is 2.35 bits per heavy atom. The van der Waals surface area contributed by atoms with E-state index in [0.717, 1.165) is 35.9 Å². The molecule has 0 aliphatic heterocycles. The fraction of sp³-hybridized carbons (Fsp3) is 0.391. The number of nitrogens with one attached hydrogen (secondary N) is 1. The quantitative estimate of drug-likeness (QED) is 0.434. The molecule has 6 nitrogen and oxygen atoms in total. The number of aromatic nitrogens is 1. The monoisotopic (exact) mass is 459 g/mol. The zero-order valence-electron chi connectivity index (χ0n) is 18.0. The summed E-state index contributed by atoms with van der Waals surface area (Å²) >= 11 is 1.29. The predicted octanol–water partition coefficient (Wildman–Crippen LogP) is 5.07. The molecule has 1 aromatic heterocycles. The number of amides is 1. The standard InChI is InChI=1S/C23H29N3O3S2/c1-3-5-14-26(15-6-4-2)31(28,29)19-12-13-20-21(17-19)30-23(24-20)25-22(27)16-18-10-8-7-9-11-18/h7-13,17H,3-6,14-16H2,1-2H3,(H,24,25,27). The number of carbonyl (C=O) groups excluding carboxylic acids is 1. The van der Waals surface area contributed by atoms with E-state index in [1.54, 1.807) is 22.5 Å². The molecule has 1 heterocycles. The van der Waals surface area contributed by atoms with Gasteiger partial charge in [-0.2, -0.15) is 4.31 Å². The Bertz CT molecular complexity index is 1100. The van der Waals surface area contributed by atoms with Crippen LogP contribution >= 0.6 is 11.3 Å². The number of anilines is 1. The van der Waals surface area contributed by atoms with Crippen molar-refractivity contribution in [3.05, 3.63) is 54.1 Å². The highest BCUT2D eigenvalue weighted by Crippen LogP contribution is 2.29. The lowest BCUT2D eigenvalue weighted by Gasteiger charge is -2.21. The van der Waals surface area contributed by atoms with Crippen molar-refractivity contribution in [3.63, 3.8) is 0 Å². The van der Waals surface area contributed by atoms with Crippen LogP contribution in [0.3, 0.4) is 0 Å². The van der Waals surface area contributed by atoms with Crippen molar-refractivity contribution in [1.82, 2.24) is 9.29 Å². The lowest BCUT2D eigenvalue weighted by molar-refractivity contribution is -0.115. The molecule has 0 radical (unpaired) electrons. The number of hydrogen-bond acceptors (Lipinski definition) is 5. The van der Waals surface area contributed by atoms with Gasteiger partial charge in [-0.3, -0.25) is 4.79 Å². The topological polar surface area (TPSA) is 79.4 Å². The first kappa shape index (κ1) is 23.4. The van der Waals surface area contributed by atoms with Gasteiger partial charge in [0.05, 0.1) is 21.5 Å². The van der Waals surface area contributed by atoms with E-state index in [2.05, 4.69) is 24.1 Å². The summed E-state index contributed by atoms with van der Waals surface area (Å²) in [5, 5.41) is 3.30. The Hall–Kier alpha value is -2.29. The summed E-state index contributed by atoms with van der Waals surface area (Å²) in [5.41, 5.74) is 1.60. The number of sulfonamides is 1. The van der Waals surface area contributed by atoms with Gasteiger partial charge in [0.25, 0.3) is 0 Å². The third-order valence-electron chi connectivity index (χ3n) is 4.97. The second kappa shape index (κ2) is 10.8. The first-order chi connectivity index (χ1) is 14.9. The Morgan fingerprint density at radius 1 is 1.03 bits per heavy atom.